The lowest BCUT2D eigenvalue weighted by atomic mass is 10.1. The van der Waals surface area contributed by atoms with Crippen molar-refractivity contribution in [3.8, 4) is 0 Å². The highest BCUT2D eigenvalue weighted by atomic mass is 16.6. The molecule has 0 saturated heterocycles. The summed E-state index contributed by atoms with van der Waals surface area (Å²) in [5.41, 5.74) is 0. The van der Waals surface area contributed by atoms with Gasteiger partial charge in [0.25, 0.3) is 0 Å². The zero-order valence-corrected chi connectivity index (χ0v) is 26.0. The van der Waals surface area contributed by atoms with E-state index in [1.165, 1.54) is 44.9 Å². The third-order valence-electron chi connectivity index (χ3n) is 5.73. The predicted octanol–water partition coefficient (Wildman–Crippen LogP) is 3.29. The average molecular weight is 599 g/mol. The maximum atomic E-state index is 8.57. The third-order valence-corrected chi connectivity index (χ3v) is 5.73. The van der Waals surface area contributed by atoms with Crippen molar-refractivity contribution >= 4 is 0 Å². The van der Waals surface area contributed by atoms with Crippen molar-refractivity contribution < 1.29 is 52.5 Å². The lowest BCUT2D eigenvalue weighted by Crippen LogP contribution is -2.15. The van der Waals surface area contributed by atoms with Crippen molar-refractivity contribution in [3.05, 3.63) is 0 Å². The Hall–Kier alpha value is -0.440. The van der Waals surface area contributed by atoms with Gasteiger partial charge < -0.3 is 52.5 Å². The summed E-state index contributed by atoms with van der Waals surface area (Å²) in [6, 6.07) is 0. The summed E-state index contributed by atoms with van der Waals surface area (Å²) >= 11 is 0. The van der Waals surface area contributed by atoms with E-state index in [9.17, 15) is 0 Å². The van der Waals surface area contributed by atoms with Gasteiger partial charge in [-0.25, -0.2) is 0 Å². The Kier molecular flexibility index (Phi) is 39.1. The van der Waals surface area contributed by atoms with Gasteiger partial charge in [-0.15, -0.1) is 0 Å². The topological polar surface area (TPSA) is 113 Å². The maximum absolute atomic E-state index is 8.57. The van der Waals surface area contributed by atoms with Crippen LogP contribution < -0.4 is 0 Å². The lowest BCUT2D eigenvalue weighted by Gasteiger charge is -2.09. The van der Waals surface area contributed by atoms with Gasteiger partial charge in [-0.2, -0.15) is 0 Å². The van der Waals surface area contributed by atoms with Crippen molar-refractivity contribution in [3.63, 3.8) is 0 Å². The minimum atomic E-state index is 0.0303. The number of hydrogen-bond acceptors (Lipinski definition) is 11. The van der Waals surface area contributed by atoms with Gasteiger partial charge >= 0.3 is 0 Å². The predicted molar refractivity (Wildman–Crippen MR) is 158 cm³/mol. The molecule has 0 saturated carbocycles. The molecule has 11 nitrogen and oxygen atoms in total. The van der Waals surface area contributed by atoms with Crippen LogP contribution in [0.5, 0.6) is 0 Å². The van der Waals surface area contributed by atoms with Gasteiger partial charge in [0.2, 0.25) is 0 Å². The van der Waals surface area contributed by atoms with Gasteiger partial charge in [0.15, 0.2) is 0 Å². The van der Waals surface area contributed by atoms with E-state index >= 15 is 0 Å². The van der Waals surface area contributed by atoms with E-state index in [-0.39, 0.29) is 6.61 Å². The van der Waals surface area contributed by atoms with E-state index in [2.05, 4.69) is 6.92 Å². The molecular weight excluding hydrogens is 536 g/mol. The van der Waals surface area contributed by atoms with Gasteiger partial charge in [-0.1, -0.05) is 51.9 Å². The Bertz CT molecular complexity index is 409. The van der Waals surface area contributed by atoms with Crippen molar-refractivity contribution in [2.75, 3.05) is 139 Å². The van der Waals surface area contributed by atoms with Gasteiger partial charge in [0.05, 0.1) is 132 Å². The molecule has 41 heavy (non-hydrogen) atoms. The minimum Gasteiger partial charge on any atom is -0.394 e. The van der Waals surface area contributed by atoms with E-state index in [1.807, 2.05) is 0 Å². The molecule has 248 valence electrons. The molecule has 0 aliphatic carbocycles. The van der Waals surface area contributed by atoms with Crippen LogP contribution in [0.15, 0.2) is 0 Å². The second-order valence-corrected chi connectivity index (χ2v) is 9.32. The summed E-state index contributed by atoms with van der Waals surface area (Å²) in [5.74, 6) is 0. The van der Waals surface area contributed by atoms with Crippen LogP contribution in [0.2, 0.25) is 0 Å². The molecule has 0 radical (unpaired) electrons. The molecule has 0 atom stereocenters. The summed E-state index contributed by atoms with van der Waals surface area (Å²) in [5, 5.41) is 8.57. The normalized spacial score (nSPS) is 11.6. The molecular formula is C30H62O11. The van der Waals surface area contributed by atoms with E-state index in [1.54, 1.807) is 0 Å². The van der Waals surface area contributed by atoms with Gasteiger partial charge in [-0.3, -0.25) is 0 Å². The first-order chi connectivity index (χ1) is 20.4. The second-order valence-electron chi connectivity index (χ2n) is 9.32. The Morgan fingerprint density at radius 1 is 0.268 bits per heavy atom. The van der Waals surface area contributed by atoms with Gasteiger partial charge in [0, 0.05) is 6.61 Å². The number of hydrogen-bond donors (Lipinski definition) is 1. The standard InChI is InChI=1S/C30H62O11/c1-2-3-4-5-6-7-8-9-11-32-13-15-34-17-19-36-21-23-38-25-27-40-29-30-41-28-26-39-24-22-37-20-18-35-16-14-33-12-10-31/h31H,2-30H2,1H3. The van der Waals surface area contributed by atoms with Crippen LogP contribution in [0.4, 0.5) is 0 Å². The number of unbranched alkanes of at least 4 members (excludes halogenated alkanes) is 7. The first-order valence-electron chi connectivity index (χ1n) is 15.8. The highest BCUT2D eigenvalue weighted by Crippen LogP contribution is 2.08. The highest BCUT2D eigenvalue weighted by Gasteiger charge is 1.96. The fourth-order valence-electron chi connectivity index (χ4n) is 3.48. The number of ether oxygens (including phenoxy) is 10. The van der Waals surface area contributed by atoms with Crippen LogP contribution in [0, 0.1) is 0 Å². The second kappa shape index (κ2) is 39.6. The number of aliphatic hydroxyl groups excluding tert-OH is 1. The molecule has 0 rings (SSSR count). The van der Waals surface area contributed by atoms with E-state index in [0.29, 0.717) is 126 Å². The highest BCUT2D eigenvalue weighted by molar-refractivity contribution is 4.46. The van der Waals surface area contributed by atoms with Crippen LogP contribution in [-0.2, 0) is 47.4 Å². The largest absolute Gasteiger partial charge is 0.394 e. The Balaban J connectivity index is 3.02. The summed E-state index contributed by atoms with van der Waals surface area (Å²) in [6.45, 7) is 13.1. The quantitative estimate of drug-likeness (QED) is 0.106. The van der Waals surface area contributed by atoms with Crippen molar-refractivity contribution in [2.45, 2.75) is 58.3 Å². The van der Waals surface area contributed by atoms with Gasteiger partial charge in [0.1, 0.15) is 0 Å². The zero-order chi connectivity index (χ0) is 29.6. The molecule has 0 fully saturated rings. The molecule has 0 amide bonds. The SMILES string of the molecule is CCCCCCCCCCOCCOCCOCCOCCOCCOCCOCCOCCOCCOCCO. The molecule has 0 aromatic rings. The van der Waals surface area contributed by atoms with Crippen LogP contribution in [0.3, 0.4) is 0 Å². The average Bonchev–Trinajstić information content (AvgIpc) is 2.98. The smallest absolute Gasteiger partial charge is 0.0701 e. The van der Waals surface area contributed by atoms with E-state index in [0.717, 1.165) is 13.0 Å². The molecule has 0 heterocycles. The zero-order valence-electron chi connectivity index (χ0n) is 26.0. The van der Waals surface area contributed by atoms with Crippen molar-refractivity contribution in [2.24, 2.45) is 0 Å². The third kappa shape index (κ3) is 39.6. The van der Waals surface area contributed by atoms with Crippen molar-refractivity contribution in [1.82, 2.24) is 0 Å². The summed E-state index contributed by atoms with van der Waals surface area (Å²) in [7, 11) is 0. The maximum Gasteiger partial charge on any atom is 0.0701 e. The molecule has 11 heteroatoms. The number of rotatable bonds is 38. The fraction of sp³-hybridized carbons (Fsp3) is 1.00. The van der Waals surface area contributed by atoms with Crippen LogP contribution >= 0.6 is 0 Å². The fourth-order valence-corrected chi connectivity index (χ4v) is 3.48. The summed E-state index contributed by atoms with van der Waals surface area (Å²) in [6.07, 6.45) is 10.5. The molecule has 0 unspecified atom stereocenters. The molecule has 1 N–H and O–H groups in total. The molecule has 0 aliphatic heterocycles. The summed E-state index contributed by atoms with van der Waals surface area (Å²) < 4.78 is 54.3. The Morgan fingerprint density at radius 2 is 0.488 bits per heavy atom. The molecule has 0 aliphatic rings. The van der Waals surface area contributed by atoms with Gasteiger partial charge in [-0.05, 0) is 6.42 Å². The molecule has 0 spiro atoms. The van der Waals surface area contributed by atoms with Crippen molar-refractivity contribution in [1.29, 1.82) is 0 Å². The van der Waals surface area contributed by atoms with E-state index < -0.39 is 0 Å². The monoisotopic (exact) mass is 598 g/mol. The lowest BCUT2D eigenvalue weighted by molar-refractivity contribution is -0.0268. The van der Waals surface area contributed by atoms with Crippen LogP contribution in [0.25, 0.3) is 0 Å². The number of aliphatic hydroxyl groups is 1. The first-order valence-corrected chi connectivity index (χ1v) is 15.8. The Labute approximate surface area is 249 Å². The Morgan fingerprint density at radius 3 is 0.756 bits per heavy atom. The molecule has 0 aromatic carbocycles. The minimum absolute atomic E-state index is 0.0303. The molecule has 0 bridgehead atoms. The first kappa shape index (κ1) is 40.6. The molecule has 0 aromatic heterocycles. The van der Waals surface area contributed by atoms with Crippen LogP contribution in [-0.4, -0.2) is 144 Å². The van der Waals surface area contributed by atoms with E-state index in [4.69, 9.17) is 52.5 Å². The summed E-state index contributed by atoms with van der Waals surface area (Å²) in [4.78, 5) is 0. The van der Waals surface area contributed by atoms with Crippen LogP contribution in [0.1, 0.15) is 58.3 Å².